The highest BCUT2D eigenvalue weighted by Gasteiger charge is 2.31. The van der Waals surface area contributed by atoms with E-state index in [4.69, 9.17) is 5.73 Å². The molecule has 0 radical (unpaired) electrons. The van der Waals surface area contributed by atoms with E-state index in [1.807, 2.05) is 0 Å². The number of fused-ring (bicyclic) bond motifs is 1. The normalized spacial score (nSPS) is 12.4. The number of pyridine rings is 2. The second-order valence-electron chi connectivity index (χ2n) is 8.13. The van der Waals surface area contributed by atoms with Crippen LogP contribution in [0, 0.1) is 0 Å². The Morgan fingerprint density at radius 2 is 1.78 bits per heavy atom. The molecule has 4 rings (SSSR count). The zero-order chi connectivity index (χ0) is 26.0. The number of ketones is 1. The van der Waals surface area contributed by atoms with Gasteiger partial charge in [0, 0.05) is 35.1 Å². The minimum atomic E-state index is -4.52. The molecule has 4 aromatic rings. The molecule has 2 N–H and O–H groups in total. The second-order valence-corrected chi connectivity index (χ2v) is 8.13. The van der Waals surface area contributed by atoms with Gasteiger partial charge in [-0.1, -0.05) is 0 Å². The molecule has 11 heteroatoms. The van der Waals surface area contributed by atoms with Crippen molar-refractivity contribution in [3.63, 3.8) is 0 Å². The molecule has 0 saturated carbocycles. The first-order chi connectivity index (χ1) is 17.0. The molecule has 3 aromatic heterocycles. The number of hydrogen-bond donors (Lipinski definition) is 1. The third-order valence-electron chi connectivity index (χ3n) is 5.63. The van der Waals surface area contributed by atoms with Crippen molar-refractivity contribution in [2.24, 2.45) is 0 Å². The van der Waals surface area contributed by atoms with Gasteiger partial charge in [0.2, 0.25) is 0 Å². The lowest BCUT2D eigenvalue weighted by Crippen LogP contribution is -2.34. The van der Waals surface area contributed by atoms with Crippen LogP contribution in [-0.4, -0.2) is 36.5 Å². The maximum absolute atomic E-state index is 13.7. The lowest BCUT2D eigenvalue weighted by molar-refractivity contribution is -0.137. The number of amides is 1. The standard InChI is InChI=1S/C25H21F3N6O2/c1-14(23-30-8-3-9-31-23)34(13-18-6-5-17(12-32-18)25(26,27)28)24(36)16-4-7-21-20(10-16)19(15(2)35)11-22(29)33-21/h3-12,14H,13H2,1-2H3,(H2,29,33). The monoisotopic (exact) mass is 494 g/mol. The van der Waals surface area contributed by atoms with Gasteiger partial charge in [-0.15, -0.1) is 0 Å². The van der Waals surface area contributed by atoms with Crippen LogP contribution in [0.1, 0.15) is 57.7 Å². The molecule has 0 aliphatic rings. The van der Waals surface area contributed by atoms with Crippen molar-refractivity contribution < 1.29 is 22.8 Å². The van der Waals surface area contributed by atoms with Crippen LogP contribution in [0.4, 0.5) is 19.0 Å². The van der Waals surface area contributed by atoms with E-state index in [2.05, 4.69) is 19.9 Å². The lowest BCUT2D eigenvalue weighted by Gasteiger charge is -2.28. The van der Waals surface area contributed by atoms with Crippen LogP contribution in [0.25, 0.3) is 10.9 Å². The van der Waals surface area contributed by atoms with Crippen LogP contribution in [0.15, 0.2) is 61.1 Å². The first-order valence-electron chi connectivity index (χ1n) is 10.9. The van der Waals surface area contributed by atoms with Crippen LogP contribution in [0.5, 0.6) is 0 Å². The first-order valence-corrected chi connectivity index (χ1v) is 10.9. The Bertz CT molecular complexity index is 1430. The highest BCUT2D eigenvalue weighted by molar-refractivity contribution is 6.09. The summed E-state index contributed by atoms with van der Waals surface area (Å²) in [6.07, 6.45) is -0.734. The third-order valence-corrected chi connectivity index (χ3v) is 5.63. The minimum Gasteiger partial charge on any atom is -0.384 e. The van der Waals surface area contributed by atoms with Gasteiger partial charge in [0.25, 0.3) is 5.91 Å². The molecule has 1 amide bonds. The SMILES string of the molecule is CC(=O)c1cc(N)nc2ccc(C(=O)N(Cc3ccc(C(F)(F)F)cn3)C(C)c3ncccn3)cc12. The molecule has 0 saturated heterocycles. The Balaban J connectivity index is 1.75. The van der Waals surface area contributed by atoms with E-state index in [1.165, 1.54) is 36.4 Å². The van der Waals surface area contributed by atoms with Gasteiger partial charge in [0.15, 0.2) is 5.78 Å². The number of carbonyl (C=O) groups excluding carboxylic acids is 2. The van der Waals surface area contributed by atoms with Crippen LogP contribution in [0.2, 0.25) is 0 Å². The molecule has 3 heterocycles. The summed E-state index contributed by atoms with van der Waals surface area (Å²) in [6, 6.07) is 9.26. The maximum Gasteiger partial charge on any atom is 0.417 e. The van der Waals surface area contributed by atoms with Crippen LogP contribution >= 0.6 is 0 Å². The zero-order valence-electron chi connectivity index (χ0n) is 19.3. The van der Waals surface area contributed by atoms with E-state index in [0.29, 0.717) is 22.3 Å². The minimum absolute atomic E-state index is 0.103. The number of rotatable bonds is 6. The van der Waals surface area contributed by atoms with Crippen LogP contribution in [0.3, 0.4) is 0 Å². The van der Waals surface area contributed by atoms with Gasteiger partial charge in [0.05, 0.1) is 29.4 Å². The fourth-order valence-electron chi connectivity index (χ4n) is 3.75. The molecule has 0 aliphatic heterocycles. The second kappa shape index (κ2) is 9.68. The summed E-state index contributed by atoms with van der Waals surface area (Å²) < 4.78 is 38.9. The molecule has 0 spiro atoms. The summed E-state index contributed by atoms with van der Waals surface area (Å²) in [5.74, 6) is -0.172. The Hall–Kier alpha value is -4.41. The van der Waals surface area contributed by atoms with Crippen molar-refractivity contribution in [1.82, 2.24) is 24.8 Å². The summed E-state index contributed by atoms with van der Waals surface area (Å²) in [5.41, 5.74) is 6.18. The summed E-state index contributed by atoms with van der Waals surface area (Å²) in [5, 5.41) is 0.457. The molecule has 0 bridgehead atoms. The number of nitrogens with two attached hydrogens (primary N) is 1. The van der Waals surface area contributed by atoms with Gasteiger partial charge >= 0.3 is 6.18 Å². The Kier molecular flexibility index (Phi) is 6.65. The number of carbonyl (C=O) groups is 2. The molecule has 184 valence electrons. The number of aromatic nitrogens is 4. The van der Waals surface area contributed by atoms with Crippen LogP contribution < -0.4 is 5.73 Å². The highest BCUT2D eigenvalue weighted by Crippen LogP contribution is 2.29. The van der Waals surface area contributed by atoms with Gasteiger partial charge in [-0.05, 0) is 56.3 Å². The number of nitrogen functional groups attached to an aromatic ring is 1. The molecule has 36 heavy (non-hydrogen) atoms. The van der Waals surface area contributed by atoms with E-state index in [-0.39, 0.29) is 29.4 Å². The van der Waals surface area contributed by atoms with Gasteiger partial charge in [-0.2, -0.15) is 13.2 Å². The Morgan fingerprint density at radius 1 is 1.06 bits per heavy atom. The Morgan fingerprint density at radius 3 is 2.39 bits per heavy atom. The average Bonchev–Trinajstić information content (AvgIpc) is 2.86. The number of halogens is 3. The number of nitrogens with zero attached hydrogens (tertiary/aromatic N) is 5. The quantitative estimate of drug-likeness (QED) is 0.389. The van der Waals surface area contributed by atoms with Gasteiger partial charge in [-0.25, -0.2) is 15.0 Å². The van der Waals surface area contributed by atoms with Crippen LogP contribution in [-0.2, 0) is 12.7 Å². The average molecular weight is 494 g/mol. The van der Waals surface area contributed by atoms with E-state index in [1.54, 1.807) is 31.2 Å². The number of Topliss-reactive ketones (excluding diaryl/α,β-unsaturated/α-hetero) is 1. The van der Waals surface area contributed by atoms with Crippen molar-refractivity contribution in [2.45, 2.75) is 32.6 Å². The highest BCUT2D eigenvalue weighted by atomic mass is 19.4. The molecule has 0 aliphatic carbocycles. The number of hydrogen-bond acceptors (Lipinski definition) is 7. The Labute approximate surface area is 204 Å². The third kappa shape index (κ3) is 5.14. The maximum atomic E-state index is 13.7. The summed E-state index contributed by atoms with van der Waals surface area (Å²) >= 11 is 0. The number of benzene rings is 1. The van der Waals surface area contributed by atoms with Crippen molar-refractivity contribution in [3.05, 3.63) is 89.3 Å². The fraction of sp³-hybridized carbons (Fsp3) is 0.200. The number of alkyl halides is 3. The van der Waals surface area contributed by atoms with Crippen molar-refractivity contribution in [2.75, 3.05) is 5.73 Å². The largest absolute Gasteiger partial charge is 0.417 e. The van der Waals surface area contributed by atoms with E-state index < -0.39 is 23.7 Å². The molecule has 1 unspecified atom stereocenters. The molecule has 1 aromatic carbocycles. The topological polar surface area (TPSA) is 115 Å². The predicted molar refractivity (Wildman–Crippen MR) is 126 cm³/mol. The summed E-state index contributed by atoms with van der Waals surface area (Å²) in [6.45, 7) is 3.00. The van der Waals surface area contributed by atoms with Gasteiger partial charge < -0.3 is 10.6 Å². The lowest BCUT2D eigenvalue weighted by atomic mass is 10.0. The number of anilines is 1. The molecule has 8 nitrogen and oxygen atoms in total. The van der Waals surface area contributed by atoms with E-state index in [0.717, 1.165) is 12.3 Å². The van der Waals surface area contributed by atoms with Gasteiger partial charge in [-0.3, -0.25) is 14.6 Å². The predicted octanol–water partition coefficient (Wildman–Crippen LogP) is 4.63. The van der Waals surface area contributed by atoms with E-state index in [9.17, 15) is 22.8 Å². The van der Waals surface area contributed by atoms with Gasteiger partial charge in [0.1, 0.15) is 11.6 Å². The van der Waals surface area contributed by atoms with E-state index >= 15 is 0 Å². The summed E-state index contributed by atoms with van der Waals surface area (Å²) in [7, 11) is 0. The zero-order valence-corrected chi connectivity index (χ0v) is 19.3. The fourth-order valence-corrected chi connectivity index (χ4v) is 3.75. The smallest absolute Gasteiger partial charge is 0.384 e. The molecule has 0 fully saturated rings. The molecular formula is C25H21F3N6O2. The van der Waals surface area contributed by atoms with Crippen molar-refractivity contribution >= 4 is 28.4 Å². The first kappa shape index (κ1) is 24.7. The molecular weight excluding hydrogens is 473 g/mol. The summed E-state index contributed by atoms with van der Waals surface area (Å²) in [4.78, 5) is 43.9. The van der Waals surface area contributed by atoms with Crippen molar-refractivity contribution in [1.29, 1.82) is 0 Å². The van der Waals surface area contributed by atoms with Crippen molar-refractivity contribution in [3.8, 4) is 0 Å². The molecule has 1 atom stereocenters.